The summed E-state index contributed by atoms with van der Waals surface area (Å²) >= 11 is 0. The van der Waals surface area contributed by atoms with Crippen molar-refractivity contribution in [1.29, 1.82) is 0 Å². The van der Waals surface area contributed by atoms with Crippen LogP contribution >= 0.6 is 0 Å². The molecule has 0 aromatic carbocycles. The summed E-state index contributed by atoms with van der Waals surface area (Å²) in [5, 5.41) is 0. The van der Waals surface area contributed by atoms with Crippen LogP contribution in [-0.2, 0) is 0 Å². The maximum absolute atomic E-state index is 12.7. The molecule has 102 valence electrons. The Balaban J connectivity index is 1.57. The van der Waals surface area contributed by atoms with Crippen LogP contribution in [-0.4, -0.2) is 28.0 Å². The Labute approximate surface area is 111 Å². The number of hydrogen-bond acceptors (Lipinski definition) is 3. The molecule has 5 nitrogen and oxygen atoms in total. The van der Waals surface area contributed by atoms with Crippen molar-refractivity contribution >= 4 is 11.8 Å². The summed E-state index contributed by atoms with van der Waals surface area (Å²) in [7, 11) is 0. The number of piperidine rings is 1. The molecule has 2 aliphatic rings. The van der Waals surface area contributed by atoms with E-state index in [1.165, 1.54) is 18.6 Å². The maximum Gasteiger partial charge on any atom is 0.336 e. The maximum atomic E-state index is 12.7. The lowest BCUT2D eigenvalue weighted by Gasteiger charge is -2.36. The molecule has 1 aliphatic heterocycles. The molecule has 2 N–H and O–H groups in total. The molecule has 19 heavy (non-hydrogen) atoms. The van der Waals surface area contributed by atoms with Crippen molar-refractivity contribution in [2.45, 2.75) is 37.6 Å². The molecule has 1 aromatic rings. The lowest BCUT2D eigenvalue weighted by Crippen LogP contribution is -2.51. The van der Waals surface area contributed by atoms with Crippen LogP contribution in [0.2, 0.25) is 0 Å². The summed E-state index contributed by atoms with van der Waals surface area (Å²) < 4.78 is 12.7. The molecule has 2 heterocycles. The number of rotatable bonds is 2. The Morgan fingerprint density at radius 3 is 2.84 bits per heavy atom. The normalized spacial score (nSPS) is 20.2. The first kappa shape index (κ1) is 12.2. The first-order valence-electron chi connectivity index (χ1n) is 6.65. The van der Waals surface area contributed by atoms with Crippen LogP contribution in [0, 0.1) is 5.82 Å². The third-order valence-corrected chi connectivity index (χ3v) is 3.94. The minimum absolute atomic E-state index is 0.111. The standard InChI is InChI=1S/C13H17FN4O/c14-10-3-4-11(15-9-10)16-17-12(19)18-8-2-1-5-13(18)6-7-13/h3-4,9H,1-2,5-8H2,(H,15,16)(H,17,19). The fraction of sp³-hybridized carbons (Fsp3) is 0.538. The molecule has 1 saturated carbocycles. The van der Waals surface area contributed by atoms with Crippen LogP contribution in [0.15, 0.2) is 18.3 Å². The van der Waals surface area contributed by atoms with Gasteiger partial charge in [-0.15, -0.1) is 0 Å². The van der Waals surface area contributed by atoms with E-state index in [-0.39, 0.29) is 11.6 Å². The van der Waals surface area contributed by atoms with Crippen molar-refractivity contribution in [2.24, 2.45) is 0 Å². The van der Waals surface area contributed by atoms with E-state index in [0.717, 1.165) is 38.4 Å². The van der Waals surface area contributed by atoms with Crippen molar-refractivity contribution in [3.8, 4) is 0 Å². The number of hydrogen-bond donors (Lipinski definition) is 2. The van der Waals surface area contributed by atoms with Gasteiger partial charge in [-0.3, -0.25) is 10.9 Å². The highest BCUT2D eigenvalue weighted by molar-refractivity contribution is 5.77. The summed E-state index contributed by atoms with van der Waals surface area (Å²) in [5.74, 6) is 0.0291. The molecule has 1 aromatic heterocycles. The van der Waals surface area contributed by atoms with Gasteiger partial charge < -0.3 is 4.90 Å². The number of hydrazine groups is 1. The minimum Gasteiger partial charge on any atom is -0.318 e. The fourth-order valence-corrected chi connectivity index (χ4v) is 2.71. The van der Waals surface area contributed by atoms with E-state index in [1.807, 2.05) is 4.90 Å². The molecule has 0 bridgehead atoms. The molecule has 1 spiro atoms. The molecule has 1 saturated heterocycles. The number of pyridine rings is 1. The number of aromatic nitrogens is 1. The number of likely N-dealkylation sites (tertiary alicyclic amines) is 1. The number of nitrogens with one attached hydrogen (secondary N) is 2. The molecule has 0 atom stereocenters. The van der Waals surface area contributed by atoms with E-state index in [1.54, 1.807) is 0 Å². The Morgan fingerprint density at radius 2 is 2.16 bits per heavy atom. The van der Waals surface area contributed by atoms with E-state index in [9.17, 15) is 9.18 Å². The second kappa shape index (κ2) is 4.68. The van der Waals surface area contributed by atoms with Gasteiger partial charge in [-0.2, -0.15) is 0 Å². The zero-order valence-electron chi connectivity index (χ0n) is 10.7. The van der Waals surface area contributed by atoms with Crippen molar-refractivity contribution < 1.29 is 9.18 Å². The summed E-state index contributed by atoms with van der Waals surface area (Å²) in [6, 6.07) is 2.66. The Kier molecular flexibility index (Phi) is 3.00. The Morgan fingerprint density at radius 1 is 1.32 bits per heavy atom. The van der Waals surface area contributed by atoms with Crippen LogP contribution in [0.4, 0.5) is 15.0 Å². The molecular weight excluding hydrogens is 247 g/mol. The van der Waals surface area contributed by atoms with E-state index >= 15 is 0 Å². The zero-order valence-corrected chi connectivity index (χ0v) is 10.7. The van der Waals surface area contributed by atoms with Crippen molar-refractivity contribution in [3.63, 3.8) is 0 Å². The van der Waals surface area contributed by atoms with Gasteiger partial charge in [0.1, 0.15) is 11.6 Å². The van der Waals surface area contributed by atoms with Gasteiger partial charge in [0, 0.05) is 12.1 Å². The minimum atomic E-state index is -0.398. The summed E-state index contributed by atoms with van der Waals surface area (Å²) in [6.07, 6.45) is 6.69. The largest absolute Gasteiger partial charge is 0.336 e. The predicted octanol–water partition coefficient (Wildman–Crippen LogP) is 2.28. The van der Waals surface area contributed by atoms with Gasteiger partial charge in [0.05, 0.1) is 6.20 Å². The molecule has 6 heteroatoms. The first-order valence-corrected chi connectivity index (χ1v) is 6.65. The Hall–Kier alpha value is -1.85. The number of urea groups is 1. The highest BCUT2D eigenvalue weighted by Gasteiger charge is 2.50. The van der Waals surface area contributed by atoms with Gasteiger partial charge >= 0.3 is 6.03 Å². The van der Waals surface area contributed by atoms with Crippen molar-refractivity contribution in [2.75, 3.05) is 12.0 Å². The Bertz CT molecular complexity index is 472. The second-order valence-electron chi connectivity index (χ2n) is 5.25. The van der Waals surface area contributed by atoms with Crippen LogP contribution in [0.1, 0.15) is 32.1 Å². The van der Waals surface area contributed by atoms with Gasteiger partial charge in [-0.1, -0.05) is 0 Å². The molecule has 3 rings (SSSR count). The number of carbonyl (C=O) groups is 1. The molecule has 2 amide bonds. The number of carbonyl (C=O) groups excluding carboxylic acids is 1. The first-order chi connectivity index (χ1) is 9.20. The van der Waals surface area contributed by atoms with Crippen LogP contribution in [0.3, 0.4) is 0 Å². The van der Waals surface area contributed by atoms with Gasteiger partial charge in [-0.05, 0) is 44.2 Å². The molecule has 0 unspecified atom stereocenters. The number of amides is 2. The summed E-state index contributed by atoms with van der Waals surface area (Å²) in [5.41, 5.74) is 5.46. The van der Waals surface area contributed by atoms with Crippen LogP contribution in [0.5, 0.6) is 0 Å². The molecule has 1 aliphatic carbocycles. The average molecular weight is 264 g/mol. The van der Waals surface area contributed by atoms with Gasteiger partial charge in [0.15, 0.2) is 0 Å². The summed E-state index contributed by atoms with van der Waals surface area (Å²) in [6.45, 7) is 0.810. The fourth-order valence-electron chi connectivity index (χ4n) is 2.71. The molecule has 2 fully saturated rings. The van der Waals surface area contributed by atoms with Crippen LogP contribution in [0.25, 0.3) is 0 Å². The highest BCUT2D eigenvalue weighted by Crippen LogP contribution is 2.48. The lowest BCUT2D eigenvalue weighted by molar-refractivity contribution is 0.141. The van der Waals surface area contributed by atoms with E-state index in [0.29, 0.717) is 5.82 Å². The predicted molar refractivity (Wildman–Crippen MR) is 68.9 cm³/mol. The monoisotopic (exact) mass is 264 g/mol. The quantitative estimate of drug-likeness (QED) is 0.806. The third kappa shape index (κ3) is 2.47. The lowest BCUT2D eigenvalue weighted by atomic mass is 10.0. The van der Waals surface area contributed by atoms with Gasteiger partial charge in [0.2, 0.25) is 0 Å². The number of anilines is 1. The van der Waals surface area contributed by atoms with Crippen molar-refractivity contribution in [3.05, 3.63) is 24.1 Å². The van der Waals surface area contributed by atoms with E-state index in [4.69, 9.17) is 0 Å². The molecule has 0 radical (unpaired) electrons. The average Bonchev–Trinajstić information content (AvgIpc) is 3.18. The number of halogens is 1. The van der Waals surface area contributed by atoms with Crippen molar-refractivity contribution in [1.82, 2.24) is 15.3 Å². The topological polar surface area (TPSA) is 57.3 Å². The van der Waals surface area contributed by atoms with Crippen LogP contribution < -0.4 is 10.9 Å². The van der Waals surface area contributed by atoms with E-state index in [2.05, 4.69) is 15.8 Å². The second-order valence-corrected chi connectivity index (χ2v) is 5.25. The number of nitrogens with zero attached hydrogens (tertiary/aromatic N) is 2. The van der Waals surface area contributed by atoms with E-state index < -0.39 is 5.82 Å². The molecular formula is C13H17FN4O. The zero-order chi connectivity index (χ0) is 13.3. The smallest absolute Gasteiger partial charge is 0.318 e. The third-order valence-electron chi connectivity index (χ3n) is 3.94. The SMILES string of the molecule is O=C(NNc1ccc(F)cn1)N1CCCCC12CC2. The van der Waals surface area contributed by atoms with Gasteiger partial charge in [0.25, 0.3) is 0 Å². The highest BCUT2D eigenvalue weighted by atomic mass is 19.1. The summed E-state index contributed by atoms with van der Waals surface area (Å²) in [4.78, 5) is 17.9. The van der Waals surface area contributed by atoms with Gasteiger partial charge in [-0.25, -0.2) is 14.2 Å².